The molecule has 4 heteroatoms. The van der Waals surface area contributed by atoms with E-state index in [0.717, 1.165) is 36.5 Å². The molecule has 1 nitrogen and oxygen atoms in total. The quantitative estimate of drug-likeness (QED) is 0.399. The number of hydrogen-bond donors (Lipinski definition) is 0. The second kappa shape index (κ2) is 11.0. The van der Waals surface area contributed by atoms with Gasteiger partial charge in [0.2, 0.25) is 0 Å². The lowest BCUT2D eigenvalue weighted by molar-refractivity contribution is -0.346. The summed E-state index contributed by atoms with van der Waals surface area (Å²) < 4.78 is 41.4. The van der Waals surface area contributed by atoms with Crippen LogP contribution in [0.5, 0.6) is 0 Å². The topological polar surface area (TPSA) is 9.23 Å². The molecule has 3 aliphatic carbocycles. The molecule has 0 heterocycles. The fourth-order valence-corrected chi connectivity index (χ4v) is 6.03. The van der Waals surface area contributed by atoms with E-state index in [9.17, 15) is 13.2 Å². The summed E-state index contributed by atoms with van der Waals surface area (Å²) in [6.45, 7) is 2.12. The summed E-state index contributed by atoms with van der Waals surface area (Å²) in [4.78, 5) is 0. The lowest BCUT2D eigenvalue weighted by Crippen LogP contribution is -2.31. The first-order valence-corrected chi connectivity index (χ1v) is 12.0. The highest BCUT2D eigenvalue weighted by Gasteiger charge is 2.37. The Morgan fingerprint density at radius 3 is 1.76 bits per heavy atom. The summed E-state index contributed by atoms with van der Waals surface area (Å²) in [7, 11) is 0. The van der Waals surface area contributed by atoms with Gasteiger partial charge in [-0.15, -0.1) is 13.2 Å². The van der Waals surface area contributed by atoms with Crippen LogP contribution in [-0.4, -0.2) is 12.5 Å². The van der Waals surface area contributed by atoms with Gasteiger partial charge in [-0.2, -0.15) is 0 Å². The van der Waals surface area contributed by atoms with Gasteiger partial charge in [-0.05, 0) is 120 Å². The molecule has 0 aliphatic heterocycles. The molecule has 0 aromatic heterocycles. The second-order valence-corrected chi connectivity index (χ2v) is 9.75. The van der Waals surface area contributed by atoms with Crippen molar-refractivity contribution < 1.29 is 17.9 Å². The Bertz CT molecular complexity index is 515. The lowest BCUT2D eigenvalue weighted by atomic mass is 9.70. The molecule has 0 bridgehead atoms. The molecule has 0 aromatic carbocycles. The van der Waals surface area contributed by atoms with Gasteiger partial charge < -0.3 is 0 Å². The van der Waals surface area contributed by atoms with Crippen LogP contribution >= 0.6 is 0 Å². The maximum atomic E-state index is 12.4. The van der Waals surface area contributed by atoms with Crippen LogP contribution in [0, 0.1) is 29.6 Å². The van der Waals surface area contributed by atoms with E-state index in [1.165, 1.54) is 57.8 Å². The molecule has 0 saturated heterocycles. The van der Waals surface area contributed by atoms with E-state index in [-0.39, 0.29) is 0 Å². The van der Waals surface area contributed by atoms with Crippen LogP contribution in [0.2, 0.25) is 0 Å². The zero-order valence-electron chi connectivity index (χ0n) is 18.0. The Kier molecular flexibility index (Phi) is 8.70. The minimum absolute atomic E-state index is 0.573. The van der Waals surface area contributed by atoms with E-state index < -0.39 is 12.5 Å². The molecule has 3 fully saturated rings. The fraction of sp³-hybridized carbons (Fsp3) is 0.840. The van der Waals surface area contributed by atoms with Gasteiger partial charge in [0.15, 0.2) is 0 Å². The Hall–Kier alpha value is -0.770. The van der Waals surface area contributed by atoms with Crippen molar-refractivity contribution in [1.82, 2.24) is 0 Å². The number of halogens is 3. The van der Waals surface area contributed by atoms with E-state index in [1.54, 1.807) is 0 Å². The molecule has 0 aromatic rings. The van der Waals surface area contributed by atoms with E-state index in [1.807, 2.05) is 0 Å². The highest BCUT2D eigenvalue weighted by molar-refractivity contribution is 4.96. The molecular formula is C25H39F3O. The first-order valence-electron chi connectivity index (χ1n) is 12.0. The summed E-state index contributed by atoms with van der Waals surface area (Å²) in [6, 6.07) is 0. The third-order valence-electron chi connectivity index (χ3n) is 7.74. The van der Waals surface area contributed by atoms with Crippen molar-refractivity contribution in [3.63, 3.8) is 0 Å². The van der Waals surface area contributed by atoms with Crippen LogP contribution in [0.15, 0.2) is 24.3 Å². The van der Waals surface area contributed by atoms with Crippen molar-refractivity contribution >= 4 is 0 Å². The number of alkyl halides is 3. The second-order valence-electron chi connectivity index (χ2n) is 9.75. The molecule has 0 unspecified atom stereocenters. The van der Waals surface area contributed by atoms with Gasteiger partial charge in [-0.3, -0.25) is 4.74 Å². The third kappa shape index (κ3) is 7.77. The zero-order valence-corrected chi connectivity index (χ0v) is 18.0. The SMILES string of the molecule is C/C=C/C1CCC(/C=C/CC2CCC(C3CCC(OC(F)(F)F)CC3)CC2)CC1. The average Bonchev–Trinajstić information content (AvgIpc) is 2.70. The van der Waals surface area contributed by atoms with Gasteiger partial charge in [0.25, 0.3) is 0 Å². The Balaban J connectivity index is 1.30. The highest BCUT2D eigenvalue weighted by Crippen LogP contribution is 2.42. The number of allylic oxidation sites excluding steroid dienone is 4. The molecule has 166 valence electrons. The first-order chi connectivity index (χ1) is 13.9. The Morgan fingerprint density at radius 2 is 1.24 bits per heavy atom. The number of ether oxygens (including phenoxy) is 1. The molecule has 0 amide bonds. The Labute approximate surface area is 175 Å². The summed E-state index contributed by atoms with van der Waals surface area (Å²) >= 11 is 0. The summed E-state index contributed by atoms with van der Waals surface area (Å²) in [5, 5.41) is 0. The van der Waals surface area contributed by atoms with Gasteiger partial charge in [0.05, 0.1) is 6.10 Å². The minimum atomic E-state index is -4.48. The van der Waals surface area contributed by atoms with Gasteiger partial charge in [-0.25, -0.2) is 0 Å². The molecule has 3 saturated carbocycles. The largest absolute Gasteiger partial charge is 0.522 e. The normalized spacial score (nSPS) is 37.4. The van der Waals surface area contributed by atoms with Crippen molar-refractivity contribution in [2.24, 2.45) is 29.6 Å². The molecule has 29 heavy (non-hydrogen) atoms. The van der Waals surface area contributed by atoms with E-state index in [0.29, 0.717) is 18.8 Å². The van der Waals surface area contributed by atoms with E-state index >= 15 is 0 Å². The minimum Gasteiger partial charge on any atom is -0.289 e. The molecule has 3 aliphatic rings. The van der Waals surface area contributed by atoms with Gasteiger partial charge in [0, 0.05) is 0 Å². The predicted molar refractivity (Wildman–Crippen MR) is 112 cm³/mol. The van der Waals surface area contributed by atoms with E-state index in [4.69, 9.17) is 0 Å². The van der Waals surface area contributed by atoms with Crippen LogP contribution in [-0.2, 0) is 4.74 Å². The molecule has 0 spiro atoms. The monoisotopic (exact) mass is 412 g/mol. The third-order valence-corrected chi connectivity index (χ3v) is 7.74. The van der Waals surface area contributed by atoms with Gasteiger partial charge >= 0.3 is 6.36 Å². The predicted octanol–water partition coefficient (Wildman–Crippen LogP) is 8.22. The zero-order chi connectivity index (χ0) is 20.7. The summed E-state index contributed by atoms with van der Waals surface area (Å²) in [6.07, 6.45) is 19.0. The van der Waals surface area contributed by atoms with Gasteiger partial charge in [-0.1, -0.05) is 24.3 Å². The van der Waals surface area contributed by atoms with E-state index in [2.05, 4.69) is 36.0 Å². The van der Waals surface area contributed by atoms with Crippen LogP contribution in [0.4, 0.5) is 13.2 Å². The van der Waals surface area contributed by atoms with Gasteiger partial charge in [0.1, 0.15) is 0 Å². The maximum Gasteiger partial charge on any atom is 0.522 e. The van der Waals surface area contributed by atoms with Crippen molar-refractivity contribution in [2.75, 3.05) is 0 Å². The van der Waals surface area contributed by atoms with Crippen LogP contribution in [0.25, 0.3) is 0 Å². The van der Waals surface area contributed by atoms with Crippen LogP contribution < -0.4 is 0 Å². The molecule has 3 rings (SSSR count). The average molecular weight is 413 g/mol. The van der Waals surface area contributed by atoms with Crippen molar-refractivity contribution in [1.29, 1.82) is 0 Å². The number of hydrogen-bond acceptors (Lipinski definition) is 1. The maximum absolute atomic E-state index is 12.4. The number of rotatable bonds is 6. The smallest absolute Gasteiger partial charge is 0.289 e. The molecule has 0 atom stereocenters. The lowest BCUT2D eigenvalue weighted by Gasteiger charge is -2.37. The van der Waals surface area contributed by atoms with Crippen molar-refractivity contribution in [3.8, 4) is 0 Å². The highest BCUT2D eigenvalue weighted by atomic mass is 19.4. The fourth-order valence-electron chi connectivity index (χ4n) is 6.03. The Morgan fingerprint density at radius 1 is 0.724 bits per heavy atom. The van der Waals surface area contributed by atoms with Crippen LogP contribution in [0.3, 0.4) is 0 Å². The van der Waals surface area contributed by atoms with Crippen LogP contribution in [0.1, 0.15) is 90.4 Å². The summed E-state index contributed by atoms with van der Waals surface area (Å²) in [5.74, 6) is 3.74. The van der Waals surface area contributed by atoms with Crippen molar-refractivity contribution in [2.45, 2.75) is 103 Å². The summed E-state index contributed by atoms with van der Waals surface area (Å²) in [5.41, 5.74) is 0. The molecule has 0 radical (unpaired) electrons. The van der Waals surface area contributed by atoms with Crippen molar-refractivity contribution in [3.05, 3.63) is 24.3 Å². The standard InChI is InChI=1S/C25H39F3O/c1-2-4-19-7-9-20(10-8-19)5-3-6-21-11-13-22(14-12-21)23-15-17-24(18-16-23)29-25(26,27)28/h2-5,19-24H,6-18H2,1H3/b4-2+,5-3+. The molecular weight excluding hydrogens is 373 g/mol. The first kappa shape index (κ1) is 22.9. The molecule has 0 N–H and O–H groups in total.